The highest BCUT2D eigenvalue weighted by Gasteiger charge is 2.19. The summed E-state index contributed by atoms with van der Waals surface area (Å²) in [4.78, 5) is 25.8. The van der Waals surface area contributed by atoms with Crippen LogP contribution in [0.4, 0.5) is 0 Å². The Labute approximate surface area is 188 Å². The summed E-state index contributed by atoms with van der Waals surface area (Å²) in [5.41, 5.74) is 2.39. The van der Waals surface area contributed by atoms with Crippen molar-refractivity contribution in [3.05, 3.63) is 107 Å². The van der Waals surface area contributed by atoms with Gasteiger partial charge < -0.3 is 5.32 Å². The lowest BCUT2D eigenvalue weighted by Crippen LogP contribution is -2.32. The highest BCUT2D eigenvalue weighted by atomic mass is 32.2. The molecule has 0 radical (unpaired) electrons. The Morgan fingerprint density at radius 2 is 1.34 bits per heavy atom. The molecule has 3 aromatic carbocycles. The van der Waals surface area contributed by atoms with E-state index in [1.54, 1.807) is 86.6 Å². The molecular formula is C25H26N2O4S. The second kappa shape index (κ2) is 10.3. The van der Waals surface area contributed by atoms with Gasteiger partial charge in [-0.25, -0.2) is 13.1 Å². The summed E-state index contributed by atoms with van der Waals surface area (Å²) in [7, 11) is -3.50. The lowest BCUT2D eigenvalue weighted by molar-refractivity contribution is 0.0939. The maximum absolute atomic E-state index is 12.9. The standard InChI is InChI=1S/C25H26N2O4S/c1-18(2)27-32(30,31)17-21-13-7-6-12-20(21)16-26-25(29)23-15-9-8-14-22(23)24(28)19-10-4-3-5-11-19/h3-15,18,27H,16-17H2,1-2H3,(H,26,29). The molecule has 6 nitrogen and oxygen atoms in total. The molecule has 7 heteroatoms. The molecule has 166 valence electrons. The number of carbonyl (C=O) groups excluding carboxylic acids is 2. The predicted molar refractivity (Wildman–Crippen MR) is 125 cm³/mol. The molecule has 1 amide bonds. The monoisotopic (exact) mass is 450 g/mol. The minimum absolute atomic E-state index is 0.139. The fraction of sp³-hybridized carbons (Fsp3) is 0.200. The zero-order chi connectivity index (χ0) is 23.1. The van der Waals surface area contributed by atoms with Crippen LogP contribution in [0.5, 0.6) is 0 Å². The van der Waals surface area contributed by atoms with E-state index in [-0.39, 0.29) is 29.7 Å². The highest BCUT2D eigenvalue weighted by molar-refractivity contribution is 7.88. The first-order valence-electron chi connectivity index (χ1n) is 10.3. The van der Waals surface area contributed by atoms with Crippen LogP contribution in [0.2, 0.25) is 0 Å². The van der Waals surface area contributed by atoms with Gasteiger partial charge in [0.15, 0.2) is 5.78 Å². The maximum atomic E-state index is 12.9. The van der Waals surface area contributed by atoms with E-state index in [9.17, 15) is 18.0 Å². The molecule has 2 N–H and O–H groups in total. The molecular weight excluding hydrogens is 424 g/mol. The molecule has 0 aliphatic carbocycles. The number of benzene rings is 3. The van der Waals surface area contributed by atoms with Crippen LogP contribution in [0.1, 0.15) is 51.3 Å². The molecule has 0 heterocycles. The fourth-order valence-corrected chi connectivity index (χ4v) is 4.86. The number of amides is 1. The van der Waals surface area contributed by atoms with Crippen molar-refractivity contribution in [2.75, 3.05) is 0 Å². The molecule has 3 rings (SSSR count). The van der Waals surface area contributed by atoms with E-state index in [2.05, 4.69) is 10.0 Å². The van der Waals surface area contributed by atoms with Crippen molar-refractivity contribution in [1.29, 1.82) is 0 Å². The van der Waals surface area contributed by atoms with Gasteiger partial charge in [-0.3, -0.25) is 9.59 Å². The van der Waals surface area contributed by atoms with Crippen LogP contribution < -0.4 is 10.0 Å². The fourth-order valence-electron chi connectivity index (χ4n) is 3.37. The summed E-state index contributed by atoms with van der Waals surface area (Å²) in [5, 5.41) is 2.82. The van der Waals surface area contributed by atoms with Gasteiger partial charge in [-0.2, -0.15) is 0 Å². The summed E-state index contributed by atoms with van der Waals surface area (Å²) < 4.78 is 27.2. The van der Waals surface area contributed by atoms with Crippen LogP contribution >= 0.6 is 0 Å². The van der Waals surface area contributed by atoms with E-state index < -0.39 is 15.9 Å². The van der Waals surface area contributed by atoms with Crippen LogP contribution in [0, 0.1) is 0 Å². The van der Waals surface area contributed by atoms with Crippen molar-refractivity contribution in [2.45, 2.75) is 32.2 Å². The van der Waals surface area contributed by atoms with Crippen molar-refractivity contribution < 1.29 is 18.0 Å². The van der Waals surface area contributed by atoms with E-state index in [0.717, 1.165) is 0 Å². The molecule has 0 fully saturated rings. The summed E-state index contributed by atoms with van der Waals surface area (Å²) in [6, 6.07) is 22.3. The molecule has 3 aromatic rings. The topological polar surface area (TPSA) is 92.3 Å². The molecule has 0 aliphatic rings. The SMILES string of the molecule is CC(C)NS(=O)(=O)Cc1ccccc1CNC(=O)c1ccccc1C(=O)c1ccccc1. The lowest BCUT2D eigenvalue weighted by Gasteiger charge is -2.14. The Morgan fingerprint density at radius 1 is 0.781 bits per heavy atom. The van der Waals surface area contributed by atoms with Gasteiger partial charge in [0.05, 0.1) is 11.3 Å². The highest BCUT2D eigenvalue weighted by Crippen LogP contribution is 2.16. The zero-order valence-corrected chi connectivity index (χ0v) is 18.9. The quantitative estimate of drug-likeness (QED) is 0.487. The molecule has 0 bridgehead atoms. The van der Waals surface area contributed by atoms with Crippen molar-refractivity contribution in [3.8, 4) is 0 Å². The second-order valence-electron chi connectivity index (χ2n) is 7.72. The molecule has 0 atom stereocenters. The number of ketones is 1. The normalized spacial score (nSPS) is 11.3. The third-order valence-corrected chi connectivity index (χ3v) is 6.29. The number of rotatable bonds is 9. The van der Waals surface area contributed by atoms with Crippen LogP contribution in [0.15, 0.2) is 78.9 Å². The van der Waals surface area contributed by atoms with Gasteiger partial charge in [-0.05, 0) is 31.0 Å². The van der Waals surface area contributed by atoms with E-state index in [0.29, 0.717) is 22.3 Å². The Hall–Kier alpha value is -3.29. The first kappa shape index (κ1) is 23.4. The summed E-state index contributed by atoms with van der Waals surface area (Å²) >= 11 is 0. The summed E-state index contributed by atoms with van der Waals surface area (Å²) in [6.45, 7) is 3.66. The van der Waals surface area contributed by atoms with Gasteiger partial charge in [0.25, 0.3) is 5.91 Å². The Morgan fingerprint density at radius 3 is 2.00 bits per heavy atom. The number of sulfonamides is 1. The Kier molecular flexibility index (Phi) is 7.56. The van der Waals surface area contributed by atoms with Crippen molar-refractivity contribution >= 4 is 21.7 Å². The van der Waals surface area contributed by atoms with Gasteiger partial charge in [-0.15, -0.1) is 0 Å². The summed E-state index contributed by atoms with van der Waals surface area (Å²) in [6.07, 6.45) is 0. The van der Waals surface area contributed by atoms with Gasteiger partial charge in [0, 0.05) is 23.7 Å². The average molecular weight is 451 g/mol. The van der Waals surface area contributed by atoms with E-state index in [1.807, 2.05) is 6.07 Å². The molecule has 0 aromatic heterocycles. The molecule has 0 saturated heterocycles. The second-order valence-corrected chi connectivity index (χ2v) is 9.48. The van der Waals surface area contributed by atoms with E-state index in [1.165, 1.54) is 0 Å². The molecule has 32 heavy (non-hydrogen) atoms. The van der Waals surface area contributed by atoms with Crippen LogP contribution in [-0.4, -0.2) is 26.2 Å². The minimum Gasteiger partial charge on any atom is -0.348 e. The minimum atomic E-state index is -3.50. The van der Waals surface area contributed by atoms with Crippen molar-refractivity contribution in [1.82, 2.24) is 10.0 Å². The first-order chi connectivity index (χ1) is 15.3. The third-order valence-electron chi connectivity index (χ3n) is 4.77. The largest absolute Gasteiger partial charge is 0.348 e. The Balaban J connectivity index is 1.77. The maximum Gasteiger partial charge on any atom is 0.252 e. The molecule has 0 saturated carbocycles. The lowest BCUT2D eigenvalue weighted by atomic mass is 9.98. The molecule has 0 unspecified atom stereocenters. The number of carbonyl (C=O) groups is 2. The van der Waals surface area contributed by atoms with Gasteiger partial charge >= 0.3 is 0 Å². The van der Waals surface area contributed by atoms with Crippen molar-refractivity contribution in [3.63, 3.8) is 0 Å². The Bertz CT molecular complexity index is 1210. The number of hydrogen-bond acceptors (Lipinski definition) is 4. The first-order valence-corrected chi connectivity index (χ1v) is 12.0. The zero-order valence-electron chi connectivity index (χ0n) is 18.0. The van der Waals surface area contributed by atoms with E-state index >= 15 is 0 Å². The number of hydrogen-bond donors (Lipinski definition) is 2. The number of nitrogens with one attached hydrogen (secondary N) is 2. The third kappa shape index (κ3) is 6.12. The van der Waals surface area contributed by atoms with Gasteiger partial charge in [0.1, 0.15) is 0 Å². The molecule has 0 aliphatic heterocycles. The van der Waals surface area contributed by atoms with Crippen LogP contribution in [0.25, 0.3) is 0 Å². The average Bonchev–Trinajstić information content (AvgIpc) is 2.77. The smallest absolute Gasteiger partial charge is 0.252 e. The summed E-state index contributed by atoms with van der Waals surface area (Å²) in [5.74, 6) is -0.814. The van der Waals surface area contributed by atoms with Crippen LogP contribution in [-0.2, 0) is 22.3 Å². The predicted octanol–water partition coefficient (Wildman–Crippen LogP) is 3.68. The van der Waals surface area contributed by atoms with Gasteiger partial charge in [-0.1, -0.05) is 72.8 Å². The van der Waals surface area contributed by atoms with Crippen LogP contribution in [0.3, 0.4) is 0 Å². The van der Waals surface area contributed by atoms with Crippen molar-refractivity contribution in [2.24, 2.45) is 0 Å². The molecule has 0 spiro atoms. The van der Waals surface area contributed by atoms with Gasteiger partial charge in [0.2, 0.25) is 10.0 Å². The van der Waals surface area contributed by atoms with E-state index in [4.69, 9.17) is 0 Å².